The number of aliphatic hydroxyl groups excluding tert-OH is 1. The van der Waals surface area contributed by atoms with Crippen LogP contribution in [-0.4, -0.2) is 17.6 Å². The predicted octanol–water partition coefficient (Wildman–Crippen LogP) is 3.78. The molecule has 24 heavy (non-hydrogen) atoms. The molecule has 1 unspecified atom stereocenters. The number of hydrogen-bond acceptors (Lipinski definition) is 3. The third-order valence-electron chi connectivity index (χ3n) is 4.44. The molecule has 2 N–H and O–H groups in total. The van der Waals surface area contributed by atoms with Crippen LogP contribution in [0.3, 0.4) is 0 Å². The van der Waals surface area contributed by atoms with Crippen LogP contribution in [0.4, 0.5) is 0 Å². The van der Waals surface area contributed by atoms with Crippen LogP contribution in [0.2, 0.25) is 0 Å². The summed E-state index contributed by atoms with van der Waals surface area (Å²) in [5, 5.41) is 16.7. The topological polar surface area (TPSA) is 49.3 Å². The number of rotatable bonds is 4. The van der Waals surface area contributed by atoms with Crippen molar-refractivity contribution in [3.05, 3.63) is 81.5 Å². The van der Waals surface area contributed by atoms with E-state index in [-0.39, 0.29) is 12.5 Å². The van der Waals surface area contributed by atoms with Crippen LogP contribution in [0.15, 0.2) is 59.3 Å². The Morgan fingerprint density at radius 1 is 1.12 bits per heavy atom. The van der Waals surface area contributed by atoms with Gasteiger partial charge in [-0.1, -0.05) is 30.3 Å². The second-order valence-electron chi connectivity index (χ2n) is 5.99. The highest BCUT2D eigenvalue weighted by Crippen LogP contribution is 2.36. The molecule has 1 atom stereocenters. The van der Waals surface area contributed by atoms with Crippen LogP contribution in [-0.2, 0) is 6.42 Å². The Balaban J connectivity index is 1.48. The second kappa shape index (κ2) is 6.23. The van der Waals surface area contributed by atoms with Gasteiger partial charge in [-0.2, -0.15) is 11.3 Å². The van der Waals surface area contributed by atoms with E-state index in [9.17, 15) is 9.90 Å². The van der Waals surface area contributed by atoms with Gasteiger partial charge in [0.1, 0.15) is 0 Å². The molecule has 1 amide bonds. The molecule has 0 radical (unpaired) electrons. The van der Waals surface area contributed by atoms with Gasteiger partial charge in [0.25, 0.3) is 5.91 Å². The molecule has 0 fully saturated rings. The third-order valence-corrected chi connectivity index (χ3v) is 5.14. The first-order valence-corrected chi connectivity index (χ1v) is 8.86. The minimum atomic E-state index is -0.668. The first kappa shape index (κ1) is 15.1. The fraction of sp³-hybridized carbons (Fsp3) is 0.150. The number of aliphatic hydroxyl groups is 1. The normalized spacial score (nSPS) is 13.2. The number of carbonyl (C=O) groups excluding carboxylic acids is 1. The Morgan fingerprint density at radius 2 is 1.96 bits per heavy atom. The van der Waals surface area contributed by atoms with Gasteiger partial charge in [-0.15, -0.1) is 0 Å². The molecule has 0 saturated carbocycles. The standard InChI is InChI=1S/C20H17NO2S/c22-19(15-7-8-24-12-15)11-21-20(23)14-5-6-18-16(10-14)9-13-3-1-2-4-17(13)18/h1-8,10,12,19,22H,9,11H2,(H,21,23). The molecule has 1 aromatic heterocycles. The Bertz CT molecular complexity index is 886. The van der Waals surface area contributed by atoms with Crippen LogP contribution >= 0.6 is 11.3 Å². The van der Waals surface area contributed by atoms with Crippen LogP contribution in [0.1, 0.15) is 33.2 Å². The van der Waals surface area contributed by atoms with Crippen molar-refractivity contribution in [2.24, 2.45) is 0 Å². The summed E-state index contributed by atoms with van der Waals surface area (Å²) < 4.78 is 0. The van der Waals surface area contributed by atoms with Crippen molar-refractivity contribution in [3.8, 4) is 11.1 Å². The van der Waals surface area contributed by atoms with Gasteiger partial charge in [-0.25, -0.2) is 0 Å². The number of benzene rings is 2. The van der Waals surface area contributed by atoms with Crippen LogP contribution in [0, 0.1) is 0 Å². The molecule has 2 aromatic carbocycles. The van der Waals surface area contributed by atoms with Gasteiger partial charge < -0.3 is 10.4 Å². The Hall–Kier alpha value is -2.43. The second-order valence-corrected chi connectivity index (χ2v) is 6.77. The quantitative estimate of drug-likeness (QED) is 0.596. The number of carbonyl (C=O) groups is 1. The summed E-state index contributed by atoms with van der Waals surface area (Å²) in [5.74, 6) is -0.150. The van der Waals surface area contributed by atoms with Crippen molar-refractivity contribution in [1.29, 1.82) is 0 Å². The van der Waals surface area contributed by atoms with Crippen molar-refractivity contribution in [3.63, 3.8) is 0 Å². The zero-order chi connectivity index (χ0) is 16.5. The lowest BCUT2D eigenvalue weighted by Gasteiger charge is -2.11. The molecule has 0 spiro atoms. The zero-order valence-electron chi connectivity index (χ0n) is 13.0. The molecular formula is C20H17NO2S. The van der Waals surface area contributed by atoms with Gasteiger partial charge >= 0.3 is 0 Å². The van der Waals surface area contributed by atoms with Crippen molar-refractivity contribution in [1.82, 2.24) is 5.32 Å². The van der Waals surface area contributed by atoms with Gasteiger partial charge in [0, 0.05) is 12.1 Å². The summed E-state index contributed by atoms with van der Waals surface area (Å²) >= 11 is 1.53. The molecule has 4 heteroatoms. The van der Waals surface area contributed by atoms with Crippen LogP contribution < -0.4 is 5.32 Å². The van der Waals surface area contributed by atoms with Gasteiger partial charge in [0.15, 0.2) is 0 Å². The van der Waals surface area contributed by atoms with E-state index in [1.165, 1.54) is 33.6 Å². The number of nitrogens with one attached hydrogen (secondary N) is 1. The third kappa shape index (κ3) is 2.75. The minimum absolute atomic E-state index is 0.150. The Morgan fingerprint density at radius 3 is 2.79 bits per heavy atom. The highest BCUT2D eigenvalue weighted by atomic mass is 32.1. The minimum Gasteiger partial charge on any atom is -0.387 e. The van der Waals surface area contributed by atoms with Gasteiger partial charge in [-0.3, -0.25) is 4.79 Å². The van der Waals surface area contributed by atoms with Crippen molar-refractivity contribution >= 4 is 17.2 Å². The Kier molecular flexibility index (Phi) is 3.92. The van der Waals surface area contributed by atoms with E-state index in [4.69, 9.17) is 0 Å². The smallest absolute Gasteiger partial charge is 0.251 e. The van der Waals surface area contributed by atoms with Gasteiger partial charge in [0.2, 0.25) is 0 Å². The van der Waals surface area contributed by atoms with E-state index >= 15 is 0 Å². The number of fused-ring (bicyclic) bond motifs is 3. The van der Waals surface area contributed by atoms with E-state index in [1.54, 1.807) is 0 Å². The highest BCUT2D eigenvalue weighted by molar-refractivity contribution is 7.07. The lowest BCUT2D eigenvalue weighted by molar-refractivity contribution is 0.0916. The van der Waals surface area contributed by atoms with E-state index < -0.39 is 6.10 Å². The fourth-order valence-corrected chi connectivity index (χ4v) is 3.87. The average Bonchev–Trinajstić information content (AvgIpc) is 3.26. The average molecular weight is 335 g/mol. The summed E-state index contributed by atoms with van der Waals surface area (Å²) in [6, 6.07) is 16.0. The number of amides is 1. The maximum Gasteiger partial charge on any atom is 0.251 e. The SMILES string of the molecule is O=C(NCC(O)c1ccsc1)c1ccc2c(c1)Cc1ccccc1-2. The van der Waals surface area contributed by atoms with Crippen LogP contribution in [0.25, 0.3) is 11.1 Å². The fourth-order valence-electron chi connectivity index (χ4n) is 3.16. The number of hydrogen-bond donors (Lipinski definition) is 2. The van der Waals surface area contributed by atoms with Crippen molar-refractivity contribution < 1.29 is 9.90 Å². The summed E-state index contributed by atoms with van der Waals surface area (Å²) in [4.78, 5) is 12.4. The molecule has 120 valence electrons. The highest BCUT2D eigenvalue weighted by Gasteiger charge is 2.19. The van der Waals surface area contributed by atoms with E-state index in [1.807, 2.05) is 47.2 Å². The summed E-state index contributed by atoms with van der Waals surface area (Å²) in [6.07, 6.45) is 0.198. The first-order valence-electron chi connectivity index (χ1n) is 7.92. The molecule has 1 aliphatic carbocycles. The molecule has 0 saturated heterocycles. The molecule has 4 rings (SSSR count). The Labute approximate surface area is 144 Å². The van der Waals surface area contributed by atoms with Crippen LogP contribution in [0.5, 0.6) is 0 Å². The van der Waals surface area contributed by atoms with Gasteiger partial charge in [-0.05, 0) is 63.2 Å². The molecule has 0 aliphatic heterocycles. The lowest BCUT2D eigenvalue weighted by atomic mass is 10.0. The molecule has 0 bridgehead atoms. The van der Waals surface area contributed by atoms with E-state index in [0.29, 0.717) is 5.56 Å². The zero-order valence-corrected chi connectivity index (χ0v) is 13.8. The maximum atomic E-state index is 12.4. The first-order chi connectivity index (χ1) is 11.7. The molecule has 3 nitrogen and oxygen atoms in total. The maximum absolute atomic E-state index is 12.4. The van der Waals surface area contributed by atoms with Crippen molar-refractivity contribution in [2.75, 3.05) is 6.54 Å². The molecule has 3 aromatic rings. The summed E-state index contributed by atoms with van der Waals surface area (Å²) in [6.45, 7) is 0.215. The van der Waals surface area contributed by atoms with E-state index in [0.717, 1.165) is 12.0 Å². The lowest BCUT2D eigenvalue weighted by Crippen LogP contribution is -2.28. The molecule has 1 heterocycles. The van der Waals surface area contributed by atoms with Gasteiger partial charge in [0.05, 0.1) is 6.10 Å². The molecule has 1 aliphatic rings. The monoisotopic (exact) mass is 335 g/mol. The number of thiophene rings is 1. The molecular weight excluding hydrogens is 318 g/mol. The van der Waals surface area contributed by atoms with Crippen molar-refractivity contribution in [2.45, 2.75) is 12.5 Å². The predicted molar refractivity (Wildman–Crippen MR) is 96.3 cm³/mol. The largest absolute Gasteiger partial charge is 0.387 e. The van der Waals surface area contributed by atoms with E-state index in [2.05, 4.69) is 17.4 Å². The summed E-state index contributed by atoms with van der Waals surface area (Å²) in [5.41, 5.74) is 6.43. The summed E-state index contributed by atoms with van der Waals surface area (Å²) in [7, 11) is 0.